The van der Waals surface area contributed by atoms with Gasteiger partial charge in [-0.3, -0.25) is 0 Å². The smallest absolute Gasteiger partial charge is 0 e. The minimum atomic E-state index is 0. The van der Waals surface area contributed by atoms with E-state index in [1.165, 1.54) is 33.4 Å². The Morgan fingerprint density at radius 2 is 0.474 bits per heavy atom. The van der Waals surface area contributed by atoms with E-state index in [0.717, 1.165) is 0 Å². The van der Waals surface area contributed by atoms with Crippen molar-refractivity contribution < 1.29 is 21.7 Å². The van der Waals surface area contributed by atoms with Crippen molar-refractivity contribution in [1.29, 1.82) is 0 Å². The van der Waals surface area contributed by atoms with Crippen LogP contribution in [0.4, 0.5) is 0 Å². The van der Waals surface area contributed by atoms with E-state index in [9.17, 15) is 0 Å². The van der Waals surface area contributed by atoms with Gasteiger partial charge in [-0.25, -0.2) is 0 Å². The summed E-state index contributed by atoms with van der Waals surface area (Å²) in [6.45, 7) is 12.8. The second-order valence-electron chi connectivity index (χ2n) is 5.33. The fourth-order valence-electron chi connectivity index (χ4n) is 2.40. The maximum absolute atomic E-state index is 2.19. The van der Waals surface area contributed by atoms with Gasteiger partial charge in [0.2, 0.25) is 0 Å². The third-order valence-electron chi connectivity index (χ3n) is 2.73. The van der Waals surface area contributed by atoms with Crippen LogP contribution in [0, 0.1) is 41.5 Å². The summed E-state index contributed by atoms with van der Waals surface area (Å²) < 4.78 is 0. The summed E-state index contributed by atoms with van der Waals surface area (Å²) in [6.07, 6.45) is 0. The molecule has 2 rings (SSSR count). The van der Waals surface area contributed by atoms with Crippen molar-refractivity contribution in [3.8, 4) is 0 Å². The Bertz CT molecular complexity index is 377. The van der Waals surface area contributed by atoms with Gasteiger partial charge in [-0.15, -0.1) is 0 Å². The van der Waals surface area contributed by atoms with Crippen molar-refractivity contribution in [2.24, 2.45) is 0 Å². The largest absolute Gasteiger partial charge is 0.0564 e. The first-order chi connectivity index (χ1) is 8.36. The molecule has 0 bridgehead atoms. The standard InChI is InChI=1S/2C9H12.Ti/c2*1-7-4-8(2)6-9(3)5-7;/h2*4-6H,1-3H3;. The van der Waals surface area contributed by atoms with Gasteiger partial charge in [-0.2, -0.15) is 0 Å². The molecule has 0 aliphatic carbocycles. The summed E-state index contributed by atoms with van der Waals surface area (Å²) in [5.74, 6) is 0. The average Bonchev–Trinajstić information content (AvgIpc) is 2.12. The summed E-state index contributed by atoms with van der Waals surface area (Å²) in [7, 11) is 0. The normalized spacial score (nSPS) is 9.16. The van der Waals surface area contributed by atoms with Crippen LogP contribution < -0.4 is 0 Å². The van der Waals surface area contributed by atoms with Crippen LogP contribution in [0.1, 0.15) is 33.4 Å². The second kappa shape index (κ2) is 8.35. The average molecular weight is 288 g/mol. The van der Waals surface area contributed by atoms with Crippen LogP contribution in [0.2, 0.25) is 0 Å². The van der Waals surface area contributed by atoms with Gasteiger partial charge < -0.3 is 0 Å². The second-order valence-corrected chi connectivity index (χ2v) is 5.33. The Hall–Kier alpha value is -0.846. The molecule has 0 N–H and O–H groups in total. The zero-order valence-corrected chi connectivity index (χ0v) is 14.5. The summed E-state index contributed by atoms with van der Waals surface area (Å²) >= 11 is 0. The molecule has 0 atom stereocenters. The van der Waals surface area contributed by atoms with Crippen LogP contribution in [-0.2, 0) is 21.7 Å². The van der Waals surface area contributed by atoms with Crippen molar-refractivity contribution in [3.05, 3.63) is 69.8 Å². The van der Waals surface area contributed by atoms with Gasteiger partial charge in [0.1, 0.15) is 0 Å². The molecular weight excluding hydrogens is 264 g/mol. The van der Waals surface area contributed by atoms with E-state index in [1.54, 1.807) is 0 Å². The van der Waals surface area contributed by atoms with Crippen LogP contribution in [-0.4, -0.2) is 0 Å². The molecule has 0 radical (unpaired) electrons. The van der Waals surface area contributed by atoms with Gasteiger partial charge in [0.25, 0.3) is 0 Å². The van der Waals surface area contributed by atoms with E-state index >= 15 is 0 Å². The van der Waals surface area contributed by atoms with Crippen LogP contribution in [0.3, 0.4) is 0 Å². The zero-order chi connectivity index (χ0) is 13.7. The quantitative estimate of drug-likeness (QED) is 0.583. The number of hydrogen-bond donors (Lipinski definition) is 0. The fourth-order valence-corrected chi connectivity index (χ4v) is 2.40. The maximum Gasteiger partial charge on any atom is 0 e. The van der Waals surface area contributed by atoms with E-state index in [4.69, 9.17) is 0 Å². The summed E-state index contributed by atoms with van der Waals surface area (Å²) in [5, 5.41) is 0. The first kappa shape index (κ1) is 18.2. The van der Waals surface area contributed by atoms with Crippen LogP contribution in [0.5, 0.6) is 0 Å². The van der Waals surface area contributed by atoms with E-state index in [1.807, 2.05) is 0 Å². The number of aryl methyl sites for hydroxylation is 6. The Morgan fingerprint density at radius 1 is 0.368 bits per heavy atom. The summed E-state index contributed by atoms with van der Waals surface area (Å²) in [4.78, 5) is 0. The first-order valence-corrected chi connectivity index (χ1v) is 6.46. The molecule has 0 aliphatic rings. The molecule has 1 heteroatoms. The van der Waals surface area contributed by atoms with E-state index < -0.39 is 0 Å². The molecule has 0 unspecified atom stereocenters. The summed E-state index contributed by atoms with van der Waals surface area (Å²) in [6, 6.07) is 13.1. The number of rotatable bonds is 0. The van der Waals surface area contributed by atoms with Crippen LogP contribution in [0.15, 0.2) is 36.4 Å². The molecule has 2 aromatic carbocycles. The number of benzene rings is 2. The molecule has 100 valence electrons. The van der Waals surface area contributed by atoms with Crippen molar-refractivity contribution in [2.75, 3.05) is 0 Å². The van der Waals surface area contributed by atoms with Gasteiger partial charge >= 0.3 is 0 Å². The van der Waals surface area contributed by atoms with Crippen LogP contribution in [0.25, 0.3) is 0 Å². The van der Waals surface area contributed by atoms with E-state index in [-0.39, 0.29) is 21.7 Å². The molecule has 0 aromatic heterocycles. The molecule has 0 aliphatic heterocycles. The molecular formula is C18H24Ti. The SMILES string of the molecule is Cc1cc(C)cc(C)c1.Cc1cc(C)cc(C)c1.[Ti]. The Morgan fingerprint density at radius 3 is 0.579 bits per heavy atom. The minimum Gasteiger partial charge on any atom is -0.0564 e. The summed E-state index contributed by atoms with van der Waals surface area (Å²) in [5.41, 5.74) is 8.13. The molecule has 19 heavy (non-hydrogen) atoms. The van der Waals surface area contributed by atoms with Crippen molar-refractivity contribution >= 4 is 0 Å². The maximum atomic E-state index is 2.19. The van der Waals surface area contributed by atoms with Gasteiger partial charge in [0.05, 0.1) is 0 Å². The predicted octanol–water partition coefficient (Wildman–Crippen LogP) is 5.22. The molecule has 0 saturated heterocycles. The molecule has 0 amide bonds. The van der Waals surface area contributed by atoms with E-state index in [0.29, 0.717) is 0 Å². The molecule has 0 saturated carbocycles. The predicted molar refractivity (Wildman–Crippen MR) is 81.3 cm³/mol. The van der Waals surface area contributed by atoms with Crippen LogP contribution >= 0.6 is 0 Å². The monoisotopic (exact) mass is 288 g/mol. The van der Waals surface area contributed by atoms with Gasteiger partial charge in [-0.05, 0) is 41.5 Å². The van der Waals surface area contributed by atoms with Gasteiger partial charge in [0.15, 0.2) is 0 Å². The minimum absolute atomic E-state index is 0. The van der Waals surface area contributed by atoms with Gasteiger partial charge in [0, 0.05) is 21.7 Å². The molecule has 0 fully saturated rings. The Labute approximate surface area is 133 Å². The molecule has 2 aromatic rings. The molecule has 0 heterocycles. The van der Waals surface area contributed by atoms with Gasteiger partial charge in [-0.1, -0.05) is 69.8 Å². The topological polar surface area (TPSA) is 0 Å². The zero-order valence-electron chi connectivity index (χ0n) is 13.0. The Balaban J connectivity index is 0.000000324. The van der Waals surface area contributed by atoms with Crippen molar-refractivity contribution in [1.82, 2.24) is 0 Å². The Kier molecular flexibility index (Phi) is 7.98. The molecule has 0 spiro atoms. The third-order valence-corrected chi connectivity index (χ3v) is 2.73. The first-order valence-electron chi connectivity index (χ1n) is 6.46. The van der Waals surface area contributed by atoms with Crippen molar-refractivity contribution in [2.45, 2.75) is 41.5 Å². The molecule has 0 nitrogen and oxygen atoms in total. The third kappa shape index (κ3) is 7.35. The fraction of sp³-hybridized carbons (Fsp3) is 0.333. The van der Waals surface area contributed by atoms with Crippen molar-refractivity contribution in [3.63, 3.8) is 0 Å². The number of hydrogen-bond acceptors (Lipinski definition) is 0. The van der Waals surface area contributed by atoms with E-state index in [2.05, 4.69) is 77.9 Å².